The molecule has 0 radical (unpaired) electrons. The number of hydrogen-bond donors (Lipinski definition) is 2. The van der Waals surface area contributed by atoms with E-state index in [0.29, 0.717) is 10.8 Å². The Morgan fingerprint density at radius 2 is 2.08 bits per heavy atom. The maximum absolute atomic E-state index is 11.1. The fourth-order valence-electron chi connectivity index (χ4n) is 2.30. The number of anilines is 1. The van der Waals surface area contributed by atoms with Crippen molar-refractivity contribution in [3.63, 3.8) is 0 Å². The summed E-state index contributed by atoms with van der Waals surface area (Å²) < 4.78 is 1.79. The minimum Gasteiger partial charge on any atom is -0.366 e. The van der Waals surface area contributed by atoms with Crippen molar-refractivity contribution >= 4 is 23.3 Å². The minimum absolute atomic E-state index is 0.0129. The van der Waals surface area contributed by atoms with E-state index in [2.05, 4.69) is 15.4 Å². The van der Waals surface area contributed by atoms with Crippen LogP contribution >= 0.6 is 11.6 Å². The number of primary amides is 1. The molecule has 24 heavy (non-hydrogen) atoms. The molecule has 0 fully saturated rings. The van der Waals surface area contributed by atoms with Crippen LogP contribution in [0.25, 0.3) is 5.69 Å². The topological polar surface area (TPSA) is 85.8 Å². The fraction of sp³-hybridized carbons (Fsp3) is 0.118. The third-order valence-electron chi connectivity index (χ3n) is 3.64. The van der Waals surface area contributed by atoms with Crippen LogP contribution in [-0.2, 0) is 0 Å². The minimum atomic E-state index is -0.557. The maximum atomic E-state index is 11.1. The Bertz CT molecular complexity index is 846. The number of rotatable bonds is 5. The number of benzene rings is 1. The lowest BCUT2D eigenvalue weighted by Gasteiger charge is -2.16. The van der Waals surface area contributed by atoms with Crippen molar-refractivity contribution in [2.75, 3.05) is 5.32 Å². The van der Waals surface area contributed by atoms with Gasteiger partial charge in [-0.15, -0.1) is 0 Å². The number of nitrogens with two attached hydrogens (primary N) is 1. The second-order valence-corrected chi connectivity index (χ2v) is 5.73. The first-order valence-electron chi connectivity index (χ1n) is 7.36. The highest BCUT2D eigenvalue weighted by Crippen LogP contribution is 2.25. The Kier molecular flexibility index (Phi) is 4.48. The molecule has 0 bridgehead atoms. The van der Waals surface area contributed by atoms with Crippen molar-refractivity contribution in [2.45, 2.75) is 13.0 Å². The van der Waals surface area contributed by atoms with Crippen LogP contribution < -0.4 is 11.1 Å². The lowest BCUT2D eigenvalue weighted by Crippen LogP contribution is -2.13. The van der Waals surface area contributed by atoms with E-state index in [0.717, 1.165) is 11.3 Å². The number of nitrogens with zero attached hydrogens (tertiary/aromatic N) is 3. The third-order valence-corrected chi connectivity index (χ3v) is 3.93. The summed E-state index contributed by atoms with van der Waals surface area (Å²) in [5, 5.41) is 7.78. The van der Waals surface area contributed by atoms with Gasteiger partial charge in [0.25, 0.3) is 0 Å². The summed E-state index contributed by atoms with van der Waals surface area (Å²) in [5.41, 5.74) is 7.55. The summed E-state index contributed by atoms with van der Waals surface area (Å²) in [4.78, 5) is 15.3. The number of amides is 1. The lowest BCUT2D eigenvalue weighted by molar-refractivity contribution is 0.1000. The Morgan fingerprint density at radius 3 is 2.67 bits per heavy atom. The molecular weight excluding hydrogens is 326 g/mol. The Hall–Kier alpha value is -2.86. The Balaban J connectivity index is 1.75. The highest BCUT2D eigenvalue weighted by Gasteiger charge is 2.11. The van der Waals surface area contributed by atoms with Gasteiger partial charge >= 0.3 is 0 Å². The van der Waals surface area contributed by atoms with Gasteiger partial charge in [-0.3, -0.25) is 4.79 Å². The number of halogens is 1. The predicted molar refractivity (Wildman–Crippen MR) is 93.4 cm³/mol. The van der Waals surface area contributed by atoms with Gasteiger partial charge in [0.05, 0.1) is 16.3 Å². The molecule has 1 unspecified atom stereocenters. The molecule has 6 nitrogen and oxygen atoms in total. The van der Waals surface area contributed by atoms with Crippen LogP contribution in [0.1, 0.15) is 28.9 Å². The molecule has 0 aliphatic carbocycles. The van der Waals surface area contributed by atoms with Crippen LogP contribution in [-0.4, -0.2) is 20.7 Å². The molecule has 2 heterocycles. The van der Waals surface area contributed by atoms with E-state index in [1.165, 1.54) is 12.3 Å². The number of hydrogen-bond acceptors (Lipinski definition) is 4. The maximum Gasteiger partial charge on any atom is 0.250 e. The van der Waals surface area contributed by atoms with E-state index in [-0.39, 0.29) is 11.6 Å². The van der Waals surface area contributed by atoms with E-state index in [1.807, 2.05) is 43.5 Å². The van der Waals surface area contributed by atoms with Crippen LogP contribution in [0.4, 0.5) is 5.82 Å². The molecule has 2 aromatic heterocycles. The summed E-state index contributed by atoms with van der Waals surface area (Å²) in [7, 11) is 0. The molecule has 1 aromatic carbocycles. The second kappa shape index (κ2) is 6.72. The van der Waals surface area contributed by atoms with Gasteiger partial charge in [-0.2, -0.15) is 5.10 Å². The second-order valence-electron chi connectivity index (χ2n) is 5.33. The molecule has 3 rings (SSSR count). The number of carbonyl (C=O) groups excluding carboxylic acids is 1. The number of pyridine rings is 1. The van der Waals surface area contributed by atoms with Crippen LogP contribution in [0.15, 0.2) is 55.0 Å². The van der Waals surface area contributed by atoms with Crippen molar-refractivity contribution in [3.05, 3.63) is 71.1 Å². The van der Waals surface area contributed by atoms with Crippen LogP contribution in [0.3, 0.4) is 0 Å². The van der Waals surface area contributed by atoms with E-state index in [9.17, 15) is 4.79 Å². The Labute approximate surface area is 144 Å². The first-order chi connectivity index (χ1) is 11.5. The molecule has 3 aromatic rings. The summed E-state index contributed by atoms with van der Waals surface area (Å²) in [6, 6.07) is 11.4. The Morgan fingerprint density at radius 1 is 1.33 bits per heavy atom. The molecule has 3 N–H and O–H groups in total. The first kappa shape index (κ1) is 16.0. The van der Waals surface area contributed by atoms with Crippen molar-refractivity contribution in [1.82, 2.24) is 14.8 Å². The molecule has 7 heteroatoms. The molecule has 1 atom stereocenters. The van der Waals surface area contributed by atoms with Crippen molar-refractivity contribution in [1.29, 1.82) is 0 Å². The summed E-state index contributed by atoms with van der Waals surface area (Å²) in [5.74, 6) is -0.0523. The standard InChI is InChI=1S/C17H16ClN5O/c1-11(22-17-15(18)9-13(10-20-17)16(19)24)12-3-5-14(6-4-12)23-8-2-7-21-23/h2-11H,1H3,(H2,19,24)(H,20,22). The van der Waals surface area contributed by atoms with Gasteiger partial charge in [-0.1, -0.05) is 23.7 Å². The van der Waals surface area contributed by atoms with Gasteiger partial charge in [-0.05, 0) is 36.8 Å². The summed E-state index contributed by atoms with van der Waals surface area (Å²) >= 11 is 6.15. The zero-order valence-corrected chi connectivity index (χ0v) is 13.7. The lowest BCUT2D eigenvalue weighted by atomic mass is 10.1. The summed E-state index contributed by atoms with van der Waals surface area (Å²) in [6.45, 7) is 2.00. The molecule has 122 valence electrons. The van der Waals surface area contributed by atoms with Gasteiger partial charge < -0.3 is 11.1 Å². The first-order valence-corrected chi connectivity index (χ1v) is 7.74. The number of carbonyl (C=O) groups is 1. The molecule has 0 spiro atoms. The molecular formula is C17H16ClN5O. The van der Waals surface area contributed by atoms with Crippen LogP contribution in [0.5, 0.6) is 0 Å². The quantitative estimate of drug-likeness (QED) is 0.746. The average molecular weight is 342 g/mol. The normalized spacial score (nSPS) is 11.9. The van der Waals surface area contributed by atoms with Crippen LogP contribution in [0, 0.1) is 0 Å². The van der Waals surface area contributed by atoms with Crippen molar-refractivity contribution < 1.29 is 4.79 Å². The van der Waals surface area contributed by atoms with Crippen molar-refractivity contribution in [2.24, 2.45) is 5.73 Å². The van der Waals surface area contributed by atoms with Gasteiger partial charge in [0.15, 0.2) is 0 Å². The molecule has 0 saturated heterocycles. The van der Waals surface area contributed by atoms with Crippen LogP contribution in [0.2, 0.25) is 5.02 Å². The van der Waals surface area contributed by atoms with Gasteiger partial charge in [-0.25, -0.2) is 9.67 Å². The van der Waals surface area contributed by atoms with Gasteiger partial charge in [0.2, 0.25) is 5.91 Å². The van der Waals surface area contributed by atoms with E-state index >= 15 is 0 Å². The zero-order valence-electron chi connectivity index (χ0n) is 13.0. The molecule has 0 aliphatic rings. The van der Waals surface area contributed by atoms with Gasteiger partial charge in [0.1, 0.15) is 5.82 Å². The van der Waals surface area contributed by atoms with E-state index in [4.69, 9.17) is 17.3 Å². The zero-order chi connectivity index (χ0) is 17.1. The molecule has 0 aliphatic heterocycles. The summed E-state index contributed by atoms with van der Waals surface area (Å²) in [6.07, 6.45) is 5.03. The SMILES string of the molecule is CC(Nc1ncc(C(N)=O)cc1Cl)c1ccc(-n2cccn2)cc1. The number of aromatic nitrogens is 3. The smallest absolute Gasteiger partial charge is 0.250 e. The van der Waals surface area contributed by atoms with E-state index < -0.39 is 5.91 Å². The largest absolute Gasteiger partial charge is 0.366 e. The highest BCUT2D eigenvalue weighted by molar-refractivity contribution is 6.33. The number of nitrogens with one attached hydrogen (secondary N) is 1. The molecule has 1 amide bonds. The third kappa shape index (κ3) is 3.38. The predicted octanol–water partition coefficient (Wildman–Crippen LogP) is 3.19. The molecule has 0 saturated carbocycles. The monoisotopic (exact) mass is 341 g/mol. The van der Waals surface area contributed by atoms with E-state index in [1.54, 1.807) is 10.9 Å². The van der Waals surface area contributed by atoms with Gasteiger partial charge in [0, 0.05) is 24.6 Å². The average Bonchev–Trinajstić information content (AvgIpc) is 3.11. The van der Waals surface area contributed by atoms with Crippen molar-refractivity contribution in [3.8, 4) is 5.69 Å². The fourth-order valence-corrected chi connectivity index (χ4v) is 2.53. The highest BCUT2D eigenvalue weighted by atomic mass is 35.5.